The van der Waals surface area contributed by atoms with Crippen molar-refractivity contribution in [3.05, 3.63) is 65.7 Å². The second kappa shape index (κ2) is 7.68. The summed E-state index contributed by atoms with van der Waals surface area (Å²) in [6, 6.07) is 15.7. The molecule has 0 aliphatic rings. The van der Waals surface area contributed by atoms with Gasteiger partial charge in [-0.05, 0) is 29.8 Å². The first-order valence-corrected chi connectivity index (χ1v) is 6.60. The molecule has 0 bridgehead atoms. The van der Waals surface area contributed by atoms with Gasteiger partial charge in [0, 0.05) is 5.56 Å². The van der Waals surface area contributed by atoms with E-state index in [-0.39, 0.29) is 6.61 Å². The van der Waals surface area contributed by atoms with Crippen LogP contribution < -0.4 is 15.6 Å². The van der Waals surface area contributed by atoms with Crippen molar-refractivity contribution >= 4 is 12.0 Å². The largest absolute Gasteiger partial charge is 0.497 e. The Kier molecular flexibility index (Phi) is 5.37. The summed E-state index contributed by atoms with van der Waals surface area (Å²) in [7, 11) is 1.54. The van der Waals surface area contributed by atoms with Crippen LogP contribution in [0.1, 0.15) is 15.9 Å². The monoisotopic (exact) mass is 300 g/mol. The van der Waals surface area contributed by atoms with Crippen LogP contribution in [0.25, 0.3) is 0 Å². The predicted molar refractivity (Wildman–Crippen MR) is 80.2 cm³/mol. The molecule has 0 aliphatic carbocycles. The van der Waals surface area contributed by atoms with Crippen molar-refractivity contribution in [2.75, 3.05) is 7.11 Å². The van der Waals surface area contributed by atoms with E-state index in [4.69, 9.17) is 9.47 Å². The number of hydrogen-bond donors (Lipinski definition) is 2. The number of hydrogen-bond acceptors (Lipinski definition) is 4. The van der Waals surface area contributed by atoms with Crippen LogP contribution in [0.15, 0.2) is 54.6 Å². The summed E-state index contributed by atoms with van der Waals surface area (Å²) in [5, 5.41) is 0. The molecule has 6 heteroatoms. The molecule has 0 aromatic heterocycles. The van der Waals surface area contributed by atoms with Crippen molar-refractivity contribution in [3.63, 3.8) is 0 Å². The van der Waals surface area contributed by atoms with Gasteiger partial charge < -0.3 is 9.47 Å². The predicted octanol–water partition coefficient (Wildman–Crippen LogP) is 2.27. The Labute approximate surface area is 128 Å². The van der Waals surface area contributed by atoms with Crippen LogP contribution >= 0.6 is 0 Å². The van der Waals surface area contributed by atoms with Gasteiger partial charge in [-0.1, -0.05) is 30.3 Å². The third-order valence-electron chi connectivity index (χ3n) is 2.84. The first-order valence-electron chi connectivity index (χ1n) is 6.60. The second-order valence-electron chi connectivity index (χ2n) is 4.37. The van der Waals surface area contributed by atoms with Gasteiger partial charge in [-0.3, -0.25) is 10.2 Å². The lowest BCUT2D eigenvalue weighted by atomic mass is 10.2. The molecule has 6 nitrogen and oxygen atoms in total. The van der Waals surface area contributed by atoms with E-state index in [0.29, 0.717) is 11.3 Å². The smallest absolute Gasteiger partial charge is 0.426 e. The molecular weight excluding hydrogens is 284 g/mol. The first kappa shape index (κ1) is 15.4. The van der Waals surface area contributed by atoms with Crippen molar-refractivity contribution in [1.29, 1.82) is 0 Å². The fourth-order valence-corrected chi connectivity index (χ4v) is 1.68. The standard InChI is InChI=1S/C16H16N2O4/c1-21-14-9-7-13(8-10-14)15(19)17-18-16(20)22-11-12-5-3-2-4-6-12/h2-10H,11H2,1H3,(H,17,19)(H,18,20). The molecule has 0 spiro atoms. The molecule has 0 radical (unpaired) electrons. The molecule has 22 heavy (non-hydrogen) atoms. The number of benzene rings is 2. The highest BCUT2D eigenvalue weighted by atomic mass is 16.6. The average molecular weight is 300 g/mol. The van der Waals surface area contributed by atoms with E-state index in [1.54, 1.807) is 31.4 Å². The van der Waals surface area contributed by atoms with E-state index >= 15 is 0 Å². The van der Waals surface area contributed by atoms with E-state index in [0.717, 1.165) is 5.56 Å². The van der Waals surface area contributed by atoms with Crippen LogP contribution in [0.4, 0.5) is 4.79 Å². The molecule has 0 aliphatic heterocycles. The number of amides is 2. The summed E-state index contributed by atoms with van der Waals surface area (Å²) in [6.07, 6.45) is -0.731. The lowest BCUT2D eigenvalue weighted by Gasteiger charge is -2.08. The van der Waals surface area contributed by atoms with Gasteiger partial charge in [-0.2, -0.15) is 0 Å². The SMILES string of the molecule is COc1ccc(C(=O)NNC(=O)OCc2ccccc2)cc1. The van der Waals surface area contributed by atoms with Gasteiger partial charge in [0.2, 0.25) is 0 Å². The van der Waals surface area contributed by atoms with Crippen molar-refractivity contribution in [2.45, 2.75) is 6.61 Å². The zero-order valence-electron chi connectivity index (χ0n) is 12.0. The van der Waals surface area contributed by atoms with E-state index < -0.39 is 12.0 Å². The number of nitrogens with one attached hydrogen (secondary N) is 2. The van der Waals surface area contributed by atoms with Crippen LogP contribution in [0.3, 0.4) is 0 Å². The third kappa shape index (κ3) is 4.52. The molecule has 0 heterocycles. The zero-order valence-corrected chi connectivity index (χ0v) is 12.0. The fourth-order valence-electron chi connectivity index (χ4n) is 1.68. The van der Waals surface area contributed by atoms with E-state index in [1.807, 2.05) is 30.3 Å². The summed E-state index contributed by atoms with van der Waals surface area (Å²) in [5.41, 5.74) is 5.71. The zero-order chi connectivity index (χ0) is 15.8. The molecule has 2 N–H and O–H groups in total. The second-order valence-corrected chi connectivity index (χ2v) is 4.37. The highest BCUT2D eigenvalue weighted by molar-refractivity contribution is 5.95. The highest BCUT2D eigenvalue weighted by Gasteiger charge is 2.08. The van der Waals surface area contributed by atoms with Crippen LogP contribution in [0.2, 0.25) is 0 Å². The summed E-state index contributed by atoms with van der Waals surface area (Å²) < 4.78 is 9.97. The molecule has 2 aromatic carbocycles. The third-order valence-corrected chi connectivity index (χ3v) is 2.84. The van der Waals surface area contributed by atoms with E-state index in [1.165, 1.54) is 0 Å². The maximum atomic E-state index is 11.8. The molecule has 114 valence electrons. The summed E-state index contributed by atoms with van der Waals surface area (Å²) in [5.74, 6) is 0.200. The molecular formula is C16H16N2O4. The molecule has 0 saturated carbocycles. The lowest BCUT2D eigenvalue weighted by Crippen LogP contribution is -2.41. The first-order chi connectivity index (χ1) is 10.7. The van der Waals surface area contributed by atoms with Gasteiger partial charge >= 0.3 is 6.09 Å². The molecule has 2 rings (SSSR count). The van der Waals surface area contributed by atoms with Gasteiger partial charge in [0.15, 0.2) is 0 Å². The number of hydrazine groups is 1. The number of carbonyl (C=O) groups excluding carboxylic acids is 2. The minimum Gasteiger partial charge on any atom is -0.497 e. The Morgan fingerprint density at radius 2 is 1.64 bits per heavy atom. The summed E-state index contributed by atoms with van der Waals surface area (Å²) in [6.45, 7) is 0.130. The Bertz CT molecular complexity index is 626. The Hall–Kier alpha value is -3.02. The molecule has 0 fully saturated rings. The Morgan fingerprint density at radius 3 is 2.27 bits per heavy atom. The molecule has 2 aromatic rings. The van der Waals surface area contributed by atoms with Crippen LogP contribution in [-0.2, 0) is 11.3 Å². The van der Waals surface area contributed by atoms with E-state index in [2.05, 4.69) is 10.9 Å². The van der Waals surface area contributed by atoms with Gasteiger partial charge in [-0.25, -0.2) is 10.2 Å². The van der Waals surface area contributed by atoms with Crippen LogP contribution in [-0.4, -0.2) is 19.1 Å². The normalized spacial score (nSPS) is 9.68. The quantitative estimate of drug-likeness (QED) is 0.849. The summed E-state index contributed by atoms with van der Waals surface area (Å²) >= 11 is 0. The van der Waals surface area contributed by atoms with Crippen molar-refractivity contribution in [2.24, 2.45) is 0 Å². The van der Waals surface area contributed by atoms with Gasteiger partial charge in [0.05, 0.1) is 7.11 Å². The van der Waals surface area contributed by atoms with E-state index in [9.17, 15) is 9.59 Å². The van der Waals surface area contributed by atoms with Gasteiger partial charge in [-0.15, -0.1) is 0 Å². The van der Waals surface area contributed by atoms with Crippen LogP contribution in [0.5, 0.6) is 5.75 Å². The van der Waals surface area contributed by atoms with Gasteiger partial charge in [0.25, 0.3) is 5.91 Å². The number of ether oxygens (including phenoxy) is 2. The highest BCUT2D eigenvalue weighted by Crippen LogP contribution is 2.10. The van der Waals surface area contributed by atoms with Gasteiger partial charge in [0.1, 0.15) is 12.4 Å². The molecule has 0 atom stereocenters. The topological polar surface area (TPSA) is 76.7 Å². The number of rotatable bonds is 4. The number of carbonyl (C=O) groups is 2. The minimum atomic E-state index is -0.731. The molecule has 2 amide bonds. The fraction of sp³-hybridized carbons (Fsp3) is 0.125. The maximum Gasteiger partial charge on any atom is 0.426 e. The molecule has 0 unspecified atom stereocenters. The van der Waals surface area contributed by atoms with Crippen molar-refractivity contribution in [3.8, 4) is 5.75 Å². The average Bonchev–Trinajstić information content (AvgIpc) is 2.58. The molecule has 0 saturated heterocycles. The minimum absolute atomic E-state index is 0.130. The van der Waals surface area contributed by atoms with Crippen molar-refractivity contribution < 1.29 is 19.1 Å². The Morgan fingerprint density at radius 1 is 0.955 bits per heavy atom. The lowest BCUT2D eigenvalue weighted by molar-refractivity contribution is 0.0905. The van der Waals surface area contributed by atoms with Crippen LogP contribution in [0, 0.1) is 0 Å². The number of methoxy groups -OCH3 is 1. The Balaban J connectivity index is 1.76. The summed E-state index contributed by atoms with van der Waals surface area (Å²) in [4.78, 5) is 23.3. The van der Waals surface area contributed by atoms with Crippen molar-refractivity contribution in [1.82, 2.24) is 10.9 Å². The maximum absolute atomic E-state index is 11.8.